The highest BCUT2D eigenvalue weighted by Crippen LogP contribution is 2.25. The van der Waals surface area contributed by atoms with E-state index in [2.05, 4.69) is 10.1 Å². The molecule has 0 unspecified atom stereocenters. The summed E-state index contributed by atoms with van der Waals surface area (Å²) in [6.07, 6.45) is 1.70. The van der Waals surface area contributed by atoms with Crippen LogP contribution in [0.25, 0.3) is 33.7 Å². The monoisotopic (exact) mass is 435 g/mol. The van der Waals surface area contributed by atoms with Gasteiger partial charge in [-0.25, -0.2) is 0 Å². The van der Waals surface area contributed by atoms with E-state index in [0.717, 1.165) is 16.9 Å². The third-order valence-corrected chi connectivity index (χ3v) is 5.73. The quantitative estimate of drug-likeness (QED) is 0.421. The van der Waals surface area contributed by atoms with E-state index in [1.807, 2.05) is 54.6 Å². The van der Waals surface area contributed by atoms with Crippen molar-refractivity contribution >= 4 is 34.0 Å². The van der Waals surface area contributed by atoms with Crippen molar-refractivity contribution in [1.29, 1.82) is 0 Å². The average molecular weight is 436 g/mol. The van der Waals surface area contributed by atoms with Gasteiger partial charge in [-0.1, -0.05) is 35.1 Å². The minimum atomic E-state index is -0.233. The van der Waals surface area contributed by atoms with Crippen LogP contribution in [0.2, 0.25) is 5.02 Å². The van der Waals surface area contributed by atoms with E-state index >= 15 is 0 Å². The number of aromatic nitrogens is 3. The topological polar surface area (TPSA) is 69.6 Å². The van der Waals surface area contributed by atoms with Crippen molar-refractivity contribution in [3.63, 3.8) is 0 Å². The van der Waals surface area contributed by atoms with Gasteiger partial charge in [0.15, 0.2) is 5.82 Å². The summed E-state index contributed by atoms with van der Waals surface area (Å²) >= 11 is 7.31. The molecule has 0 spiro atoms. The second-order valence-corrected chi connectivity index (χ2v) is 7.93. The molecule has 0 atom stereocenters. The molecule has 0 aliphatic carbocycles. The Hall–Kier alpha value is -3.42. The van der Waals surface area contributed by atoms with Crippen LogP contribution in [0.5, 0.6) is 5.75 Å². The van der Waals surface area contributed by atoms with E-state index in [-0.39, 0.29) is 5.56 Å². The Kier molecular flexibility index (Phi) is 4.61. The van der Waals surface area contributed by atoms with Gasteiger partial charge in [0.25, 0.3) is 5.56 Å². The van der Waals surface area contributed by atoms with Crippen molar-refractivity contribution in [2.45, 2.75) is 0 Å². The highest BCUT2D eigenvalue weighted by molar-refractivity contribution is 7.15. The summed E-state index contributed by atoms with van der Waals surface area (Å²) in [6, 6.07) is 18.4. The molecule has 148 valence electrons. The molecule has 0 N–H and O–H groups in total. The van der Waals surface area contributed by atoms with Crippen LogP contribution in [-0.2, 0) is 0 Å². The molecule has 0 saturated carbocycles. The molecule has 0 aliphatic rings. The number of fused-ring (bicyclic) bond motifs is 1. The fourth-order valence-electron chi connectivity index (χ4n) is 3.05. The van der Waals surface area contributed by atoms with Gasteiger partial charge in [-0.2, -0.15) is 9.50 Å². The zero-order chi connectivity index (χ0) is 20.7. The molecule has 0 saturated heterocycles. The van der Waals surface area contributed by atoms with Gasteiger partial charge in [-0.15, -0.1) is 5.10 Å². The Morgan fingerprint density at radius 1 is 1.10 bits per heavy atom. The minimum Gasteiger partial charge on any atom is -0.497 e. The molecule has 5 aromatic rings. The molecule has 3 heterocycles. The molecule has 0 bridgehead atoms. The zero-order valence-corrected chi connectivity index (χ0v) is 17.3. The Morgan fingerprint density at radius 3 is 2.67 bits per heavy atom. The summed E-state index contributed by atoms with van der Waals surface area (Å²) in [5, 5.41) is 4.99. The lowest BCUT2D eigenvalue weighted by Crippen LogP contribution is -2.23. The van der Waals surface area contributed by atoms with Crippen molar-refractivity contribution in [3.05, 3.63) is 86.3 Å². The van der Waals surface area contributed by atoms with Gasteiger partial charge in [0.2, 0.25) is 4.96 Å². The maximum absolute atomic E-state index is 12.8. The number of halogens is 1. The standard InChI is InChI=1S/C22H14ClN3O3S/c1-28-16-7-5-13(6-8-16)20-24-22-26(25-20)21(27)19(30-22)12-17-9-10-18(29-17)14-3-2-4-15(23)11-14/h2-12H,1H3. The minimum absolute atomic E-state index is 0.233. The van der Waals surface area contributed by atoms with Crippen molar-refractivity contribution in [2.75, 3.05) is 7.11 Å². The fourth-order valence-corrected chi connectivity index (χ4v) is 4.13. The van der Waals surface area contributed by atoms with Crippen LogP contribution in [0.3, 0.4) is 0 Å². The van der Waals surface area contributed by atoms with Crippen molar-refractivity contribution < 1.29 is 9.15 Å². The van der Waals surface area contributed by atoms with E-state index in [0.29, 0.717) is 31.9 Å². The van der Waals surface area contributed by atoms with E-state index in [1.54, 1.807) is 19.3 Å². The van der Waals surface area contributed by atoms with E-state index in [4.69, 9.17) is 20.8 Å². The molecule has 6 nitrogen and oxygen atoms in total. The van der Waals surface area contributed by atoms with Gasteiger partial charge >= 0.3 is 0 Å². The first-order valence-corrected chi connectivity index (χ1v) is 10.2. The number of hydrogen-bond donors (Lipinski definition) is 0. The number of benzene rings is 2. The predicted molar refractivity (Wildman–Crippen MR) is 117 cm³/mol. The van der Waals surface area contributed by atoms with Crippen LogP contribution in [-0.4, -0.2) is 21.7 Å². The van der Waals surface area contributed by atoms with Crippen LogP contribution >= 0.6 is 22.9 Å². The number of ether oxygens (including phenoxy) is 1. The molecular weight excluding hydrogens is 422 g/mol. The maximum atomic E-state index is 12.8. The van der Waals surface area contributed by atoms with E-state index in [1.165, 1.54) is 15.9 Å². The van der Waals surface area contributed by atoms with Crippen LogP contribution in [0.1, 0.15) is 5.76 Å². The lowest BCUT2D eigenvalue weighted by molar-refractivity contribution is 0.415. The molecule has 3 aromatic heterocycles. The summed E-state index contributed by atoms with van der Waals surface area (Å²) in [5.41, 5.74) is 1.45. The smallest absolute Gasteiger partial charge is 0.291 e. The Bertz CT molecular complexity index is 1470. The fraction of sp³-hybridized carbons (Fsp3) is 0.0455. The van der Waals surface area contributed by atoms with Gasteiger partial charge in [0, 0.05) is 22.2 Å². The van der Waals surface area contributed by atoms with Crippen LogP contribution in [0.15, 0.2) is 69.9 Å². The molecule has 0 aliphatic heterocycles. The van der Waals surface area contributed by atoms with Crippen molar-refractivity contribution in [1.82, 2.24) is 14.6 Å². The van der Waals surface area contributed by atoms with E-state index < -0.39 is 0 Å². The van der Waals surface area contributed by atoms with Gasteiger partial charge in [0.1, 0.15) is 21.8 Å². The molecule has 0 fully saturated rings. The Morgan fingerprint density at radius 2 is 1.93 bits per heavy atom. The van der Waals surface area contributed by atoms with Gasteiger partial charge in [-0.3, -0.25) is 4.79 Å². The maximum Gasteiger partial charge on any atom is 0.291 e. The number of furan rings is 1. The Labute approximate surface area is 179 Å². The summed E-state index contributed by atoms with van der Waals surface area (Å²) in [5.74, 6) is 2.49. The third kappa shape index (κ3) is 3.38. The van der Waals surface area contributed by atoms with Crippen molar-refractivity contribution in [3.8, 4) is 28.5 Å². The third-order valence-electron chi connectivity index (χ3n) is 4.54. The largest absolute Gasteiger partial charge is 0.497 e. The Balaban J connectivity index is 1.49. The van der Waals surface area contributed by atoms with Gasteiger partial charge < -0.3 is 9.15 Å². The number of nitrogens with zero attached hydrogens (tertiary/aromatic N) is 3. The second kappa shape index (κ2) is 7.44. The molecule has 5 rings (SSSR count). The number of hydrogen-bond acceptors (Lipinski definition) is 6. The molecule has 0 amide bonds. The van der Waals surface area contributed by atoms with Crippen LogP contribution in [0, 0.1) is 0 Å². The summed E-state index contributed by atoms with van der Waals surface area (Å²) in [7, 11) is 1.61. The summed E-state index contributed by atoms with van der Waals surface area (Å²) in [6.45, 7) is 0. The van der Waals surface area contributed by atoms with E-state index in [9.17, 15) is 4.79 Å². The highest BCUT2D eigenvalue weighted by Gasteiger charge is 2.13. The molecular formula is C22H14ClN3O3S. The number of methoxy groups -OCH3 is 1. The van der Waals surface area contributed by atoms with Gasteiger partial charge in [0.05, 0.1) is 7.11 Å². The first-order valence-electron chi connectivity index (χ1n) is 9.02. The second-order valence-electron chi connectivity index (χ2n) is 6.49. The highest BCUT2D eigenvalue weighted by atomic mass is 35.5. The SMILES string of the molecule is COc1ccc(-c2nc3sc(=Cc4ccc(-c5cccc(Cl)c5)o4)c(=O)n3n2)cc1. The normalized spacial score (nSPS) is 12.0. The van der Waals surface area contributed by atoms with Crippen LogP contribution in [0.4, 0.5) is 0 Å². The predicted octanol–water partition coefficient (Wildman–Crippen LogP) is 4.29. The number of rotatable bonds is 4. The zero-order valence-electron chi connectivity index (χ0n) is 15.7. The molecule has 30 heavy (non-hydrogen) atoms. The average Bonchev–Trinajstić information content (AvgIpc) is 3.46. The lowest BCUT2D eigenvalue weighted by atomic mass is 10.2. The summed E-state index contributed by atoms with van der Waals surface area (Å²) in [4.78, 5) is 17.8. The molecule has 0 radical (unpaired) electrons. The molecule has 8 heteroatoms. The van der Waals surface area contributed by atoms with Crippen molar-refractivity contribution in [2.24, 2.45) is 0 Å². The van der Waals surface area contributed by atoms with Gasteiger partial charge in [-0.05, 0) is 48.5 Å². The molecule has 2 aromatic carbocycles. The first-order chi connectivity index (χ1) is 14.6. The summed E-state index contributed by atoms with van der Waals surface area (Å²) < 4.78 is 12.8. The lowest BCUT2D eigenvalue weighted by Gasteiger charge is -1.99. The van der Waals surface area contributed by atoms with Crippen LogP contribution < -0.4 is 14.8 Å². The number of thiazole rings is 1. The first kappa shape index (κ1) is 18.6.